The molecule has 5 nitrogen and oxygen atoms in total. The Bertz CT molecular complexity index is 807. The number of methoxy groups -OCH3 is 2. The summed E-state index contributed by atoms with van der Waals surface area (Å²) >= 11 is 19.0. The van der Waals surface area contributed by atoms with Crippen LogP contribution in [0.15, 0.2) is 22.7 Å². The molecular formula is C15H11Br2Cl2NO4. The van der Waals surface area contributed by atoms with Crippen molar-refractivity contribution in [3.05, 3.63) is 39.6 Å². The lowest BCUT2D eigenvalue weighted by Crippen LogP contribution is -2.49. The Morgan fingerprint density at radius 3 is 2.46 bits per heavy atom. The molecule has 1 heterocycles. The molecule has 9 heteroatoms. The van der Waals surface area contributed by atoms with Gasteiger partial charge in [-0.1, -0.05) is 60.2 Å². The number of carbonyl (C=O) groups excluding carboxylic acids is 1. The van der Waals surface area contributed by atoms with E-state index in [0.29, 0.717) is 32.6 Å². The molecule has 0 fully saturated rings. The number of hydrogen-bond donors (Lipinski definition) is 0. The van der Waals surface area contributed by atoms with Crippen molar-refractivity contribution < 1.29 is 18.8 Å². The third-order valence-electron chi connectivity index (χ3n) is 3.89. The number of alkyl halides is 2. The van der Waals surface area contributed by atoms with Gasteiger partial charge in [0.05, 0.1) is 20.2 Å². The number of aromatic nitrogens is 1. The first-order chi connectivity index (χ1) is 11.4. The number of rotatable bonds is 3. The first-order valence-electron chi connectivity index (χ1n) is 6.75. The SMILES string of the molecule is COC1(OC)C(=O)C(Br)C(Br)c2onc(-c3ccc(Cl)cc3Cl)c21. The molecule has 0 bridgehead atoms. The lowest BCUT2D eigenvalue weighted by atomic mass is 9.87. The van der Waals surface area contributed by atoms with E-state index in [1.165, 1.54) is 14.2 Å². The van der Waals surface area contributed by atoms with E-state index in [1.54, 1.807) is 18.2 Å². The number of halogens is 4. The lowest BCUT2D eigenvalue weighted by Gasteiger charge is -2.36. The molecule has 1 aliphatic carbocycles. The molecule has 0 aliphatic heterocycles. The van der Waals surface area contributed by atoms with Gasteiger partial charge in [-0.05, 0) is 18.2 Å². The second kappa shape index (κ2) is 6.70. The minimum Gasteiger partial charge on any atom is -0.359 e. The Morgan fingerprint density at radius 1 is 1.21 bits per heavy atom. The highest BCUT2D eigenvalue weighted by atomic mass is 79.9. The van der Waals surface area contributed by atoms with Crippen LogP contribution in [0.4, 0.5) is 0 Å². The molecule has 0 saturated heterocycles. The van der Waals surface area contributed by atoms with Crippen molar-refractivity contribution >= 4 is 60.8 Å². The van der Waals surface area contributed by atoms with E-state index in [9.17, 15) is 4.79 Å². The lowest BCUT2D eigenvalue weighted by molar-refractivity contribution is -0.215. The molecule has 1 aromatic carbocycles. The normalized spacial score (nSPS) is 22.5. The van der Waals surface area contributed by atoms with Crippen LogP contribution in [0.25, 0.3) is 11.3 Å². The van der Waals surface area contributed by atoms with Gasteiger partial charge >= 0.3 is 0 Å². The van der Waals surface area contributed by atoms with Crippen LogP contribution in [0.3, 0.4) is 0 Å². The van der Waals surface area contributed by atoms with Crippen molar-refractivity contribution in [3.63, 3.8) is 0 Å². The third-order valence-corrected chi connectivity index (χ3v) is 7.04. The van der Waals surface area contributed by atoms with E-state index in [2.05, 4.69) is 37.0 Å². The highest BCUT2D eigenvalue weighted by Crippen LogP contribution is 2.51. The summed E-state index contributed by atoms with van der Waals surface area (Å²) in [5, 5.41) is 4.96. The summed E-state index contributed by atoms with van der Waals surface area (Å²) in [5.41, 5.74) is 1.32. The maximum atomic E-state index is 12.9. The van der Waals surface area contributed by atoms with Crippen LogP contribution in [0.5, 0.6) is 0 Å². The van der Waals surface area contributed by atoms with Crippen LogP contribution in [0, 0.1) is 0 Å². The molecule has 24 heavy (non-hydrogen) atoms. The van der Waals surface area contributed by atoms with Gasteiger partial charge in [0, 0.05) is 24.8 Å². The van der Waals surface area contributed by atoms with Gasteiger partial charge in [0.1, 0.15) is 5.69 Å². The number of benzene rings is 1. The fourth-order valence-corrected chi connectivity index (χ4v) is 4.33. The van der Waals surface area contributed by atoms with Gasteiger partial charge in [-0.2, -0.15) is 0 Å². The van der Waals surface area contributed by atoms with E-state index in [4.69, 9.17) is 37.2 Å². The largest absolute Gasteiger partial charge is 0.359 e. The molecule has 2 atom stereocenters. The van der Waals surface area contributed by atoms with E-state index in [1.807, 2.05) is 0 Å². The maximum Gasteiger partial charge on any atom is 0.262 e. The minimum atomic E-state index is -1.65. The van der Waals surface area contributed by atoms with E-state index < -0.39 is 15.4 Å². The standard InChI is InChI=1S/C15H11Br2Cl2NO4/c1-22-15(23-2)9-12(7-4-3-6(18)5-8(7)19)20-24-13(9)10(16)11(17)14(15)21/h3-5,10-11H,1-2H3. The van der Waals surface area contributed by atoms with Crippen molar-refractivity contribution in [3.8, 4) is 11.3 Å². The van der Waals surface area contributed by atoms with Gasteiger partial charge < -0.3 is 14.0 Å². The maximum absolute atomic E-state index is 12.9. The van der Waals surface area contributed by atoms with Crippen LogP contribution in [-0.2, 0) is 20.1 Å². The summed E-state index contributed by atoms with van der Waals surface area (Å²) in [6.45, 7) is 0. The van der Waals surface area contributed by atoms with Crippen LogP contribution in [0.2, 0.25) is 10.0 Å². The van der Waals surface area contributed by atoms with Crippen LogP contribution in [-0.4, -0.2) is 30.0 Å². The van der Waals surface area contributed by atoms with Crippen molar-refractivity contribution in [1.82, 2.24) is 5.16 Å². The van der Waals surface area contributed by atoms with E-state index in [0.717, 1.165) is 0 Å². The molecule has 2 unspecified atom stereocenters. The fraction of sp³-hybridized carbons (Fsp3) is 0.333. The predicted molar refractivity (Wildman–Crippen MR) is 97.0 cm³/mol. The summed E-state index contributed by atoms with van der Waals surface area (Å²) in [7, 11) is 2.78. The average molecular weight is 500 g/mol. The van der Waals surface area contributed by atoms with Crippen molar-refractivity contribution in [2.24, 2.45) is 0 Å². The molecule has 0 amide bonds. The predicted octanol–water partition coefficient (Wildman–Crippen LogP) is 4.88. The summed E-state index contributed by atoms with van der Waals surface area (Å²) in [6.07, 6.45) is 0. The smallest absolute Gasteiger partial charge is 0.262 e. The van der Waals surface area contributed by atoms with Crippen LogP contribution >= 0.6 is 55.1 Å². The number of nitrogens with zero attached hydrogens (tertiary/aromatic N) is 1. The zero-order chi connectivity index (χ0) is 17.6. The molecule has 2 aromatic rings. The molecule has 0 saturated carbocycles. The summed E-state index contributed by atoms with van der Waals surface area (Å²) < 4.78 is 16.4. The topological polar surface area (TPSA) is 61.6 Å². The van der Waals surface area contributed by atoms with Gasteiger partial charge in [-0.3, -0.25) is 4.79 Å². The van der Waals surface area contributed by atoms with Gasteiger partial charge in [0.15, 0.2) is 5.76 Å². The Morgan fingerprint density at radius 2 is 1.88 bits per heavy atom. The molecule has 3 rings (SSSR count). The molecule has 0 radical (unpaired) electrons. The van der Waals surface area contributed by atoms with Crippen molar-refractivity contribution in [2.45, 2.75) is 15.4 Å². The van der Waals surface area contributed by atoms with Crippen LogP contribution < -0.4 is 0 Å². The Labute approximate surface area is 164 Å². The van der Waals surface area contributed by atoms with Crippen molar-refractivity contribution in [1.29, 1.82) is 0 Å². The quantitative estimate of drug-likeness (QED) is 0.445. The van der Waals surface area contributed by atoms with E-state index in [-0.39, 0.29) is 5.78 Å². The molecule has 1 aliphatic rings. The van der Waals surface area contributed by atoms with Crippen molar-refractivity contribution in [2.75, 3.05) is 14.2 Å². The van der Waals surface area contributed by atoms with Gasteiger partial charge in [0.25, 0.3) is 5.79 Å². The number of ketones is 1. The minimum absolute atomic E-state index is 0.309. The molecule has 128 valence electrons. The molecular weight excluding hydrogens is 489 g/mol. The van der Waals surface area contributed by atoms with Gasteiger partial charge in [0.2, 0.25) is 5.78 Å². The Balaban J connectivity index is 2.31. The highest BCUT2D eigenvalue weighted by Gasteiger charge is 2.56. The molecule has 1 aromatic heterocycles. The summed E-state index contributed by atoms with van der Waals surface area (Å²) in [5.74, 6) is -1.52. The fourth-order valence-electron chi connectivity index (χ4n) is 2.73. The Kier molecular flexibility index (Phi) is 5.12. The summed E-state index contributed by atoms with van der Waals surface area (Å²) in [6, 6.07) is 4.96. The zero-order valence-corrected chi connectivity index (χ0v) is 17.2. The molecule has 0 spiro atoms. The first-order valence-corrected chi connectivity index (χ1v) is 9.34. The highest BCUT2D eigenvalue weighted by molar-refractivity contribution is 9.12. The first kappa shape index (κ1) is 18.4. The Hall–Kier alpha value is -0.440. The number of ether oxygens (including phenoxy) is 2. The number of fused-ring (bicyclic) bond motifs is 1. The number of Topliss-reactive ketones (excluding diaryl/α,β-unsaturated/α-hetero) is 1. The van der Waals surface area contributed by atoms with E-state index >= 15 is 0 Å². The number of hydrogen-bond acceptors (Lipinski definition) is 5. The monoisotopic (exact) mass is 497 g/mol. The van der Waals surface area contributed by atoms with Gasteiger partial charge in [-0.25, -0.2) is 0 Å². The second-order valence-corrected chi connectivity index (χ2v) is 7.90. The van der Waals surface area contributed by atoms with Gasteiger partial charge in [-0.15, -0.1) is 0 Å². The zero-order valence-electron chi connectivity index (χ0n) is 12.5. The number of carbonyl (C=O) groups is 1. The third kappa shape index (κ3) is 2.57. The van der Waals surface area contributed by atoms with Crippen LogP contribution in [0.1, 0.15) is 16.2 Å². The second-order valence-electron chi connectivity index (χ2n) is 5.09. The molecule has 0 N–H and O–H groups in total. The average Bonchev–Trinajstić information content (AvgIpc) is 3.00. The summed E-state index contributed by atoms with van der Waals surface area (Å²) in [4.78, 5) is 11.8.